The lowest BCUT2D eigenvalue weighted by atomic mass is 10.3. The predicted molar refractivity (Wildman–Crippen MR) is 56.7 cm³/mol. The Morgan fingerprint density at radius 3 is 2.86 bits per heavy atom. The van der Waals surface area contributed by atoms with E-state index in [1.165, 1.54) is 5.56 Å². The summed E-state index contributed by atoms with van der Waals surface area (Å²) < 4.78 is 2.05. The second kappa shape index (κ2) is 2.51. The van der Waals surface area contributed by atoms with Crippen LogP contribution < -0.4 is 0 Å². The SMILES string of the molecule is Cc1ccc2nc(C3(Cl)CC3)cn2c1. The van der Waals surface area contributed by atoms with Crippen LogP contribution in [0.5, 0.6) is 0 Å². The lowest BCUT2D eigenvalue weighted by Crippen LogP contribution is -1.94. The fourth-order valence-electron chi connectivity index (χ4n) is 1.68. The molecule has 0 bridgehead atoms. The lowest BCUT2D eigenvalue weighted by molar-refractivity contribution is 0.959. The monoisotopic (exact) mass is 206 g/mol. The van der Waals surface area contributed by atoms with Gasteiger partial charge in [-0.2, -0.15) is 0 Å². The number of alkyl halides is 1. The van der Waals surface area contributed by atoms with Crippen molar-refractivity contribution in [3.8, 4) is 0 Å². The van der Waals surface area contributed by atoms with Crippen LogP contribution in [0.1, 0.15) is 24.1 Å². The highest BCUT2D eigenvalue weighted by atomic mass is 35.5. The predicted octanol–water partition coefficient (Wildman–Crippen LogP) is 2.87. The third-order valence-electron chi connectivity index (χ3n) is 2.75. The van der Waals surface area contributed by atoms with Gasteiger partial charge in [-0.3, -0.25) is 0 Å². The number of hydrogen-bond acceptors (Lipinski definition) is 1. The Morgan fingerprint density at radius 1 is 1.36 bits per heavy atom. The molecule has 1 aliphatic rings. The van der Waals surface area contributed by atoms with Crippen molar-refractivity contribution in [1.29, 1.82) is 0 Å². The molecular weight excluding hydrogens is 196 g/mol. The van der Waals surface area contributed by atoms with E-state index in [1.807, 2.05) is 16.7 Å². The Labute approximate surface area is 87.5 Å². The molecule has 0 N–H and O–H groups in total. The van der Waals surface area contributed by atoms with Crippen LogP contribution in [0.3, 0.4) is 0 Å². The van der Waals surface area contributed by atoms with Crippen LogP contribution in [-0.2, 0) is 4.87 Å². The van der Waals surface area contributed by atoms with Gasteiger partial charge in [0, 0.05) is 12.4 Å². The highest BCUT2D eigenvalue weighted by Crippen LogP contribution is 2.51. The van der Waals surface area contributed by atoms with Gasteiger partial charge in [0.05, 0.1) is 10.6 Å². The smallest absolute Gasteiger partial charge is 0.137 e. The molecule has 0 atom stereocenters. The Kier molecular flexibility index (Phi) is 1.49. The molecule has 72 valence electrons. The number of pyridine rings is 1. The molecule has 0 amide bonds. The second-order valence-electron chi connectivity index (χ2n) is 4.06. The van der Waals surface area contributed by atoms with Crippen molar-refractivity contribution in [1.82, 2.24) is 9.38 Å². The Bertz CT molecular complexity index is 497. The van der Waals surface area contributed by atoms with Crippen molar-refractivity contribution in [3.05, 3.63) is 35.8 Å². The molecule has 3 heteroatoms. The molecule has 2 heterocycles. The summed E-state index contributed by atoms with van der Waals surface area (Å²) in [4.78, 5) is 4.37. The quantitative estimate of drug-likeness (QED) is 0.656. The van der Waals surface area contributed by atoms with Crippen molar-refractivity contribution >= 4 is 17.2 Å². The van der Waals surface area contributed by atoms with Gasteiger partial charge in [0.2, 0.25) is 0 Å². The molecular formula is C11H11ClN2. The maximum atomic E-state index is 6.31. The van der Waals surface area contributed by atoms with E-state index in [0.717, 1.165) is 24.2 Å². The van der Waals surface area contributed by atoms with Gasteiger partial charge in [-0.25, -0.2) is 4.98 Å². The molecule has 0 saturated heterocycles. The first-order valence-corrected chi connectivity index (χ1v) is 5.20. The van der Waals surface area contributed by atoms with Crippen molar-refractivity contribution < 1.29 is 0 Å². The van der Waals surface area contributed by atoms with E-state index in [9.17, 15) is 0 Å². The first-order valence-electron chi connectivity index (χ1n) is 4.82. The van der Waals surface area contributed by atoms with Gasteiger partial charge in [0.1, 0.15) is 5.65 Å². The third-order valence-corrected chi connectivity index (χ3v) is 3.32. The number of fused-ring (bicyclic) bond motifs is 1. The Morgan fingerprint density at radius 2 is 2.14 bits per heavy atom. The van der Waals surface area contributed by atoms with Gasteiger partial charge in [-0.05, 0) is 31.4 Å². The number of nitrogens with zero attached hydrogens (tertiary/aromatic N) is 2. The van der Waals surface area contributed by atoms with Gasteiger partial charge >= 0.3 is 0 Å². The zero-order chi connectivity index (χ0) is 9.76. The number of aryl methyl sites for hydroxylation is 1. The summed E-state index contributed by atoms with van der Waals surface area (Å²) in [5, 5.41) is 0. The van der Waals surface area contributed by atoms with E-state index in [4.69, 9.17) is 11.6 Å². The molecule has 1 saturated carbocycles. The molecule has 3 rings (SSSR count). The van der Waals surface area contributed by atoms with Crippen molar-refractivity contribution in [2.24, 2.45) is 0 Å². The average Bonchev–Trinajstić information content (AvgIpc) is 2.77. The van der Waals surface area contributed by atoms with Gasteiger partial charge in [-0.1, -0.05) is 6.07 Å². The Balaban J connectivity index is 2.20. The summed E-state index contributed by atoms with van der Waals surface area (Å²) in [5.74, 6) is 0. The normalized spacial score (nSPS) is 18.7. The van der Waals surface area contributed by atoms with Gasteiger partial charge < -0.3 is 4.40 Å². The van der Waals surface area contributed by atoms with Crippen molar-refractivity contribution in [3.63, 3.8) is 0 Å². The first kappa shape index (κ1) is 8.30. The molecule has 2 aromatic rings. The molecule has 0 unspecified atom stereocenters. The standard InChI is InChI=1S/C11H11ClN2/c1-8-2-3-10-13-9(7-14(10)6-8)11(12)4-5-11/h2-3,6-7H,4-5H2,1H3. The summed E-state index contributed by atoms with van der Waals surface area (Å²) in [6, 6.07) is 4.10. The summed E-state index contributed by atoms with van der Waals surface area (Å²) >= 11 is 6.31. The van der Waals surface area contributed by atoms with Crippen LogP contribution >= 0.6 is 11.6 Å². The zero-order valence-electron chi connectivity index (χ0n) is 8.00. The van der Waals surface area contributed by atoms with Gasteiger partial charge in [0.25, 0.3) is 0 Å². The maximum Gasteiger partial charge on any atom is 0.137 e. The molecule has 0 radical (unpaired) electrons. The van der Waals surface area contributed by atoms with E-state index < -0.39 is 0 Å². The zero-order valence-corrected chi connectivity index (χ0v) is 8.75. The molecule has 14 heavy (non-hydrogen) atoms. The van der Waals surface area contributed by atoms with E-state index in [-0.39, 0.29) is 4.87 Å². The number of halogens is 1. The van der Waals surface area contributed by atoms with Crippen LogP contribution in [0.4, 0.5) is 0 Å². The molecule has 0 spiro atoms. The summed E-state index contributed by atoms with van der Waals surface area (Å²) in [6.45, 7) is 2.08. The fraction of sp³-hybridized carbons (Fsp3) is 0.364. The summed E-state index contributed by atoms with van der Waals surface area (Å²) in [6.07, 6.45) is 6.23. The van der Waals surface area contributed by atoms with E-state index in [0.29, 0.717) is 0 Å². The minimum Gasteiger partial charge on any atom is -0.306 e. The lowest BCUT2D eigenvalue weighted by Gasteiger charge is -1.97. The van der Waals surface area contributed by atoms with E-state index >= 15 is 0 Å². The molecule has 0 aromatic carbocycles. The van der Waals surface area contributed by atoms with E-state index in [1.54, 1.807) is 0 Å². The van der Waals surface area contributed by atoms with Gasteiger partial charge in [0.15, 0.2) is 0 Å². The topological polar surface area (TPSA) is 17.3 Å². The number of imidazole rings is 1. The number of aromatic nitrogens is 2. The van der Waals surface area contributed by atoms with Gasteiger partial charge in [-0.15, -0.1) is 11.6 Å². The summed E-state index contributed by atoms with van der Waals surface area (Å²) in [5.41, 5.74) is 3.24. The van der Waals surface area contributed by atoms with Crippen molar-refractivity contribution in [2.45, 2.75) is 24.6 Å². The van der Waals surface area contributed by atoms with Crippen LogP contribution in [0.15, 0.2) is 24.5 Å². The molecule has 1 fully saturated rings. The minimum atomic E-state index is -0.153. The maximum absolute atomic E-state index is 6.31. The van der Waals surface area contributed by atoms with Crippen LogP contribution in [-0.4, -0.2) is 9.38 Å². The van der Waals surface area contributed by atoms with Crippen LogP contribution in [0.2, 0.25) is 0 Å². The minimum absolute atomic E-state index is 0.153. The van der Waals surface area contributed by atoms with Crippen LogP contribution in [0.25, 0.3) is 5.65 Å². The number of rotatable bonds is 1. The third kappa shape index (κ3) is 1.14. The summed E-state index contributed by atoms with van der Waals surface area (Å²) in [7, 11) is 0. The molecule has 2 aromatic heterocycles. The second-order valence-corrected chi connectivity index (χ2v) is 4.79. The first-order chi connectivity index (χ1) is 6.67. The highest BCUT2D eigenvalue weighted by Gasteiger charge is 2.44. The fourth-order valence-corrected chi connectivity index (χ4v) is 1.87. The average molecular weight is 207 g/mol. The number of hydrogen-bond donors (Lipinski definition) is 0. The molecule has 1 aliphatic carbocycles. The molecule has 0 aliphatic heterocycles. The van der Waals surface area contributed by atoms with E-state index in [2.05, 4.69) is 24.2 Å². The molecule has 2 nitrogen and oxygen atoms in total. The Hall–Kier alpha value is -1.02. The van der Waals surface area contributed by atoms with Crippen LogP contribution in [0, 0.1) is 6.92 Å². The van der Waals surface area contributed by atoms with Crippen molar-refractivity contribution in [2.75, 3.05) is 0 Å². The largest absolute Gasteiger partial charge is 0.306 e. The highest BCUT2D eigenvalue weighted by molar-refractivity contribution is 6.25.